The molecule has 2 aromatic rings. The van der Waals surface area contributed by atoms with Crippen LogP contribution in [0.1, 0.15) is 56.2 Å². The number of fused-ring (bicyclic) bond motifs is 1. The Balaban J connectivity index is 2.12. The molecular formula is C23H28O3. The Hall–Kier alpha value is -2.29. The number of rotatable bonds is 4. The number of benzene rings is 2. The van der Waals surface area contributed by atoms with Crippen molar-refractivity contribution in [2.75, 3.05) is 6.61 Å². The number of carboxylic acid groups (broad SMARTS) is 1. The molecule has 1 aliphatic rings. The second kappa shape index (κ2) is 7.14. The molecule has 1 N–H and O–H groups in total. The Morgan fingerprint density at radius 3 is 2.69 bits per heavy atom. The standard InChI is InChI=1S/C23H28O3/c1-15-7-5-9-18(19(22(24)25)14-23(2,3)4)21(15)17-10-11-20-16(13-17)8-6-12-26-20/h5,7,9-11,13,19H,6,8,12,14H2,1-4H3,(H,24,25). The molecular weight excluding hydrogens is 324 g/mol. The molecule has 3 nitrogen and oxygen atoms in total. The van der Waals surface area contributed by atoms with Crippen molar-refractivity contribution < 1.29 is 14.6 Å². The monoisotopic (exact) mass is 352 g/mol. The third-order valence-corrected chi connectivity index (χ3v) is 4.99. The maximum atomic E-state index is 12.1. The number of carbonyl (C=O) groups is 1. The lowest BCUT2D eigenvalue weighted by atomic mass is 9.78. The Kier molecular flexibility index (Phi) is 5.08. The van der Waals surface area contributed by atoms with Crippen LogP contribution in [-0.4, -0.2) is 17.7 Å². The Morgan fingerprint density at radius 1 is 1.23 bits per heavy atom. The first kappa shape index (κ1) is 18.5. The van der Waals surface area contributed by atoms with E-state index in [0.29, 0.717) is 6.42 Å². The van der Waals surface area contributed by atoms with Crippen molar-refractivity contribution in [3.63, 3.8) is 0 Å². The van der Waals surface area contributed by atoms with E-state index >= 15 is 0 Å². The highest BCUT2D eigenvalue weighted by molar-refractivity contribution is 5.82. The number of ether oxygens (including phenoxy) is 1. The van der Waals surface area contributed by atoms with E-state index in [1.165, 1.54) is 5.56 Å². The van der Waals surface area contributed by atoms with Gasteiger partial charge in [0.1, 0.15) is 5.75 Å². The molecule has 0 aromatic heterocycles. The van der Waals surface area contributed by atoms with Crippen LogP contribution in [0.25, 0.3) is 11.1 Å². The predicted octanol–water partition coefficient (Wildman–Crippen LogP) is 5.59. The van der Waals surface area contributed by atoms with E-state index in [0.717, 1.165) is 47.5 Å². The largest absolute Gasteiger partial charge is 0.493 e. The van der Waals surface area contributed by atoms with Crippen LogP contribution in [0.5, 0.6) is 5.75 Å². The summed E-state index contributed by atoms with van der Waals surface area (Å²) in [4.78, 5) is 12.1. The summed E-state index contributed by atoms with van der Waals surface area (Å²) in [5.41, 5.74) is 5.31. The van der Waals surface area contributed by atoms with E-state index in [9.17, 15) is 9.90 Å². The molecule has 0 radical (unpaired) electrons. The molecule has 3 rings (SSSR count). The van der Waals surface area contributed by atoms with Gasteiger partial charge in [0.15, 0.2) is 0 Å². The van der Waals surface area contributed by atoms with E-state index in [2.05, 4.69) is 45.9 Å². The topological polar surface area (TPSA) is 46.5 Å². The van der Waals surface area contributed by atoms with E-state index in [1.54, 1.807) is 0 Å². The highest BCUT2D eigenvalue weighted by Gasteiger charge is 2.29. The van der Waals surface area contributed by atoms with Crippen LogP contribution in [0.3, 0.4) is 0 Å². The van der Waals surface area contributed by atoms with Crippen molar-refractivity contribution in [1.82, 2.24) is 0 Å². The van der Waals surface area contributed by atoms with E-state index in [-0.39, 0.29) is 5.41 Å². The number of carboxylic acids is 1. The van der Waals surface area contributed by atoms with Gasteiger partial charge in [-0.1, -0.05) is 45.0 Å². The van der Waals surface area contributed by atoms with Crippen LogP contribution >= 0.6 is 0 Å². The smallest absolute Gasteiger partial charge is 0.311 e. The molecule has 0 saturated heterocycles. The van der Waals surface area contributed by atoms with E-state index in [4.69, 9.17) is 4.74 Å². The first-order valence-electron chi connectivity index (χ1n) is 9.35. The quantitative estimate of drug-likeness (QED) is 0.780. The minimum absolute atomic E-state index is 0.0617. The van der Waals surface area contributed by atoms with Crippen LogP contribution in [0.2, 0.25) is 0 Å². The van der Waals surface area contributed by atoms with Crippen molar-refractivity contribution in [2.45, 2.75) is 52.9 Å². The fraction of sp³-hybridized carbons (Fsp3) is 0.435. The fourth-order valence-corrected chi connectivity index (χ4v) is 3.83. The summed E-state index contributed by atoms with van der Waals surface area (Å²) in [5, 5.41) is 9.92. The maximum absolute atomic E-state index is 12.1. The molecule has 3 heteroatoms. The summed E-state index contributed by atoms with van der Waals surface area (Å²) >= 11 is 0. The Bertz CT molecular complexity index is 815. The number of hydrogen-bond acceptors (Lipinski definition) is 2. The summed E-state index contributed by atoms with van der Waals surface area (Å²) in [7, 11) is 0. The Labute approximate surface area is 156 Å². The van der Waals surface area contributed by atoms with Gasteiger partial charge in [-0.3, -0.25) is 4.79 Å². The Morgan fingerprint density at radius 2 is 2.00 bits per heavy atom. The number of hydrogen-bond donors (Lipinski definition) is 1. The molecule has 0 aliphatic carbocycles. The second-order valence-corrected chi connectivity index (χ2v) is 8.47. The van der Waals surface area contributed by atoms with E-state index < -0.39 is 11.9 Å². The van der Waals surface area contributed by atoms with Crippen molar-refractivity contribution >= 4 is 5.97 Å². The highest BCUT2D eigenvalue weighted by atomic mass is 16.5. The average Bonchev–Trinajstić information content (AvgIpc) is 2.58. The number of aryl methyl sites for hydroxylation is 2. The van der Waals surface area contributed by atoms with Crippen molar-refractivity contribution in [1.29, 1.82) is 0 Å². The molecule has 0 fully saturated rings. The molecule has 0 saturated carbocycles. The van der Waals surface area contributed by atoms with Gasteiger partial charge in [0.05, 0.1) is 12.5 Å². The lowest BCUT2D eigenvalue weighted by Gasteiger charge is -2.26. The van der Waals surface area contributed by atoms with Gasteiger partial charge < -0.3 is 9.84 Å². The number of aliphatic carboxylic acids is 1. The minimum atomic E-state index is -0.756. The maximum Gasteiger partial charge on any atom is 0.311 e. The zero-order valence-corrected chi connectivity index (χ0v) is 16.1. The fourth-order valence-electron chi connectivity index (χ4n) is 3.83. The van der Waals surface area contributed by atoms with Gasteiger partial charge in [0.25, 0.3) is 0 Å². The summed E-state index contributed by atoms with van der Waals surface area (Å²) in [5.74, 6) is -0.315. The lowest BCUT2D eigenvalue weighted by Crippen LogP contribution is -2.20. The first-order chi connectivity index (χ1) is 12.3. The van der Waals surface area contributed by atoms with Gasteiger partial charge in [0, 0.05) is 0 Å². The molecule has 26 heavy (non-hydrogen) atoms. The average molecular weight is 352 g/mol. The third-order valence-electron chi connectivity index (χ3n) is 4.99. The zero-order chi connectivity index (χ0) is 18.9. The van der Waals surface area contributed by atoms with Crippen LogP contribution < -0.4 is 4.74 Å². The van der Waals surface area contributed by atoms with Crippen LogP contribution in [0.15, 0.2) is 36.4 Å². The molecule has 0 spiro atoms. The van der Waals surface area contributed by atoms with Crippen molar-refractivity contribution in [2.24, 2.45) is 5.41 Å². The van der Waals surface area contributed by atoms with Crippen molar-refractivity contribution in [3.05, 3.63) is 53.1 Å². The van der Waals surface area contributed by atoms with Crippen molar-refractivity contribution in [3.8, 4) is 16.9 Å². The molecule has 0 bridgehead atoms. The second-order valence-electron chi connectivity index (χ2n) is 8.47. The zero-order valence-electron chi connectivity index (χ0n) is 16.1. The normalized spacial score (nSPS) is 15.1. The van der Waals surface area contributed by atoms with E-state index in [1.807, 2.05) is 18.2 Å². The van der Waals surface area contributed by atoms with Crippen LogP contribution in [0.4, 0.5) is 0 Å². The van der Waals surface area contributed by atoms with Gasteiger partial charge in [0.2, 0.25) is 0 Å². The van der Waals surface area contributed by atoms with Gasteiger partial charge in [-0.05, 0) is 71.6 Å². The molecule has 138 valence electrons. The molecule has 1 heterocycles. The summed E-state index contributed by atoms with van der Waals surface area (Å²) in [6.45, 7) is 9.11. The van der Waals surface area contributed by atoms with Gasteiger partial charge >= 0.3 is 5.97 Å². The van der Waals surface area contributed by atoms with Crippen LogP contribution in [-0.2, 0) is 11.2 Å². The van der Waals surface area contributed by atoms with Crippen LogP contribution in [0, 0.1) is 12.3 Å². The first-order valence-corrected chi connectivity index (χ1v) is 9.35. The molecule has 0 amide bonds. The van der Waals surface area contributed by atoms with Gasteiger partial charge in [-0.25, -0.2) is 0 Å². The van der Waals surface area contributed by atoms with Gasteiger partial charge in [-0.2, -0.15) is 0 Å². The molecule has 2 aromatic carbocycles. The molecule has 1 unspecified atom stereocenters. The highest BCUT2D eigenvalue weighted by Crippen LogP contribution is 2.40. The summed E-state index contributed by atoms with van der Waals surface area (Å²) < 4.78 is 5.73. The SMILES string of the molecule is Cc1cccc(C(CC(C)(C)C)C(=O)O)c1-c1ccc2c(c1)CCCO2. The molecule has 1 atom stereocenters. The summed E-state index contributed by atoms with van der Waals surface area (Å²) in [6, 6.07) is 12.3. The lowest BCUT2D eigenvalue weighted by molar-refractivity contribution is -0.139. The third kappa shape index (κ3) is 3.92. The summed E-state index contributed by atoms with van der Waals surface area (Å²) in [6.07, 6.45) is 2.64. The predicted molar refractivity (Wildman–Crippen MR) is 105 cm³/mol. The molecule has 1 aliphatic heterocycles. The van der Waals surface area contributed by atoms with Gasteiger partial charge in [-0.15, -0.1) is 0 Å². The minimum Gasteiger partial charge on any atom is -0.493 e.